The van der Waals surface area contributed by atoms with Gasteiger partial charge in [-0.05, 0) is 55.9 Å². The molecule has 0 saturated carbocycles. The van der Waals surface area contributed by atoms with Gasteiger partial charge in [0, 0.05) is 19.5 Å². The smallest absolute Gasteiger partial charge is 0.246 e. The Bertz CT molecular complexity index is 1670. The van der Waals surface area contributed by atoms with Gasteiger partial charge in [-0.3, -0.25) is 43.3 Å². The van der Waals surface area contributed by atoms with Gasteiger partial charge in [0.05, 0.1) is 13.0 Å². The third kappa shape index (κ3) is 17.2. The molecule has 1 aliphatic heterocycles. The van der Waals surface area contributed by atoms with E-state index in [0.29, 0.717) is 18.4 Å². The van der Waals surface area contributed by atoms with Crippen molar-refractivity contribution in [3.05, 3.63) is 35.9 Å². The lowest BCUT2D eigenvalue weighted by molar-refractivity contribution is -0.142. The number of likely N-dealkylation sites (tertiary alicyclic amines) is 1. The second kappa shape index (κ2) is 24.9. The van der Waals surface area contributed by atoms with E-state index in [2.05, 4.69) is 31.6 Å². The van der Waals surface area contributed by atoms with E-state index in [-0.39, 0.29) is 63.0 Å². The van der Waals surface area contributed by atoms with Gasteiger partial charge in [0.15, 0.2) is 5.96 Å². The van der Waals surface area contributed by atoms with Gasteiger partial charge < -0.3 is 65.3 Å². The van der Waals surface area contributed by atoms with Crippen molar-refractivity contribution in [3.63, 3.8) is 0 Å². The van der Waals surface area contributed by atoms with Crippen LogP contribution in [0.15, 0.2) is 35.3 Å². The number of nitrogens with zero attached hydrogens (tertiary/aromatic N) is 2. The van der Waals surface area contributed by atoms with Crippen LogP contribution in [0.5, 0.6) is 0 Å². The van der Waals surface area contributed by atoms with Crippen LogP contribution < -0.4 is 55.3 Å². The van der Waals surface area contributed by atoms with Gasteiger partial charge in [-0.15, -0.1) is 0 Å². The highest BCUT2D eigenvalue weighted by atomic mass is 16.3. The van der Waals surface area contributed by atoms with E-state index in [1.807, 2.05) is 27.7 Å². The molecule has 0 radical (unpaired) electrons. The molecule has 1 fully saturated rings. The molecule has 1 aromatic carbocycles. The number of primary amides is 2. The number of hydrogen-bond acceptors (Lipinski definition) is 11. The summed E-state index contributed by atoms with van der Waals surface area (Å²) in [6, 6.07) is 0.121. The Morgan fingerprint density at radius 1 is 0.733 bits per heavy atom. The molecule has 1 aliphatic rings. The Hall–Kier alpha value is -5.83. The topological polar surface area (TPSA) is 363 Å². The monoisotopic (exact) mass is 844 g/mol. The first-order chi connectivity index (χ1) is 28.2. The SMILES string of the molecule is CC(C)C[C@H](NC(=O)[C@H](Cc1ccccc1)NC(=O)[C@@H](N)CO)C(=O)N[C@@H](CC(C)C)C(=O)N[C@H](CCCN=C(N)N)C(=O)N[C@@H](CC(N)=O)C(=O)N1CCC[C@H]1C(N)=O. The Morgan fingerprint density at radius 3 is 1.73 bits per heavy atom. The molecule has 1 heterocycles. The summed E-state index contributed by atoms with van der Waals surface area (Å²) < 4.78 is 0. The van der Waals surface area contributed by atoms with Crippen molar-refractivity contribution in [2.75, 3.05) is 19.7 Å². The number of amides is 8. The Labute approximate surface area is 350 Å². The molecule has 2 rings (SSSR count). The van der Waals surface area contributed by atoms with Crippen molar-refractivity contribution in [1.82, 2.24) is 31.5 Å². The quantitative estimate of drug-likeness (QED) is 0.0259. The minimum atomic E-state index is -1.49. The number of carbonyl (C=O) groups is 8. The van der Waals surface area contributed by atoms with Crippen LogP contribution in [0, 0.1) is 11.8 Å². The molecule has 21 nitrogen and oxygen atoms in total. The second-order valence-electron chi connectivity index (χ2n) is 15.8. The summed E-state index contributed by atoms with van der Waals surface area (Å²) in [7, 11) is 0. The summed E-state index contributed by atoms with van der Waals surface area (Å²) in [6.07, 6.45) is 0.546. The summed E-state index contributed by atoms with van der Waals surface area (Å²) in [5.74, 6) is -6.75. The highest BCUT2D eigenvalue weighted by molar-refractivity contribution is 5.98. The van der Waals surface area contributed by atoms with E-state index in [0.717, 1.165) is 0 Å². The van der Waals surface area contributed by atoms with E-state index in [1.54, 1.807) is 30.3 Å². The molecule has 1 saturated heterocycles. The molecule has 8 amide bonds. The largest absolute Gasteiger partial charge is 0.394 e. The van der Waals surface area contributed by atoms with E-state index in [9.17, 15) is 43.5 Å². The van der Waals surface area contributed by atoms with Crippen molar-refractivity contribution in [3.8, 4) is 0 Å². The fourth-order valence-corrected chi connectivity index (χ4v) is 6.62. The number of guanidine groups is 1. The van der Waals surface area contributed by atoms with Crippen LogP contribution in [0.2, 0.25) is 0 Å². The molecule has 16 N–H and O–H groups in total. The number of rotatable bonds is 25. The maximum Gasteiger partial charge on any atom is 0.246 e. The maximum atomic E-state index is 14.0. The molecule has 334 valence electrons. The number of aliphatic hydroxyl groups is 1. The lowest BCUT2D eigenvalue weighted by Gasteiger charge is -2.30. The molecule has 0 aliphatic carbocycles. The van der Waals surface area contributed by atoms with Crippen LogP contribution >= 0.6 is 0 Å². The molecule has 0 bridgehead atoms. The summed E-state index contributed by atoms with van der Waals surface area (Å²) in [5.41, 5.74) is 28.2. The Balaban J connectivity index is 2.39. The predicted molar refractivity (Wildman–Crippen MR) is 221 cm³/mol. The van der Waals surface area contributed by atoms with Crippen LogP contribution in [0.25, 0.3) is 0 Å². The molecule has 21 heteroatoms. The molecule has 7 atom stereocenters. The van der Waals surface area contributed by atoms with E-state index < -0.39 is 103 Å². The van der Waals surface area contributed by atoms with Gasteiger partial charge in [-0.1, -0.05) is 58.0 Å². The zero-order valence-electron chi connectivity index (χ0n) is 34.9. The number of hydrogen-bond donors (Lipinski definition) is 11. The normalized spacial score (nSPS) is 16.7. The Morgan fingerprint density at radius 2 is 1.23 bits per heavy atom. The molecule has 0 spiro atoms. The highest BCUT2D eigenvalue weighted by Crippen LogP contribution is 2.19. The van der Waals surface area contributed by atoms with E-state index in [1.165, 1.54) is 4.90 Å². The lowest BCUT2D eigenvalue weighted by atomic mass is 9.98. The second-order valence-corrected chi connectivity index (χ2v) is 15.8. The van der Waals surface area contributed by atoms with Crippen molar-refractivity contribution in [2.24, 2.45) is 45.5 Å². The fraction of sp³-hybridized carbons (Fsp3) is 0.615. The summed E-state index contributed by atoms with van der Waals surface area (Å²) in [6.45, 7) is 6.84. The number of nitrogens with one attached hydrogen (secondary N) is 5. The molecule has 60 heavy (non-hydrogen) atoms. The summed E-state index contributed by atoms with van der Waals surface area (Å²) in [4.78, 5) is 111. The minimum absolute atomic E-state index is 0.0350. The molecular formula is C39H64N12O9. The Kier molecular flexibility index (Phi) is 20.9. The zero-order chi connectivity index (χ0) is 45.1. The van der Waals surface area contributed by atoms with Crippen molar-refractivity contribution in [1.29, 1.82) is 0 Å². The van der Waals surface area contributed by atoms with Crippen molar-refractivity contribution < 1.29 is 43.5 Å². The van der Waals surface area contributed by atoms with Gasteiger partial charge in [0.1, 0.15) is 42.3 Å². The molecule has 1 aromatic rings. The zero-order valence-corrected chi connectivity index (χ0v) is 34.9. The van der Waals surface area contributed by atoms with E-state index >= 15 is 0 Å². The van der Waals surface area contributed by atoms with Crippen LogP contribution in [0.3, 0.4) is 0 Å². The number of aliphatic imine (C=N–C) groups is 1. The van der Waals surface area contributed by atoms with Gasteiger partial charge in [-0.25, -0.2) is 0 Å². The van der Waals surface area contributed by atoms with Gasteiger partial charge >= 0.3 is 0 Å². The summed E-state index contributed by atoms with van der Waals surface area (Å²) in [5, 5.41) is 22.6. The van der Waals surface area contributed by atoms with Crippen molar-refractivity contribution in [2.45, 2.75) is 121 Å². The van der Waals surface area contributed by atoms with Gasteiger partial charge in [-0.2, -0.15) is 0 Å². The van der Waals surface area contributed by atoms with Gasteiger partial charge in [0.25, 0.3) is 0 Å². The third-order valence-corrected chi connectivity index (χ3v) is 9.59. The number of nitrogens with two attached hydrogens (primary N) is 5. The summed E-state index contributed by atoms with van der Waals surface area (Å²) >= 11 is 0. The number of carbonyl (C=O) groups excluding carboxylic acids is 8. The van der Waals surface area contributed by atoms with Crippen LogP contribution in [-0.2, 0) is 44.8 Å². The van der Waals surface area contributed by atoms with Gasteiger partial charge in [0.2, 0.25) is 47.3 Å². The predicted octanol–water partition coefficient (Wildman–Crippen LogP) is -3.53. The molecule has 0 aromatic heterocycles. The molecular weight excluding hydrogens is 781 g/mol. The maximum absolute atomic E-state index is 14.0. The average molecular weight is 845 g/mol. The number of aliphatic hydroxyl groups excluding tert-OH is 1. The fourth-order valence-electron chi connectivity index (χ4n) is 6.62. The molecule has 0 unspecified atom stereocenters. The van der Waals surface area contributed by atoms with Crippen LogP contribution in [0.4, 0.5) is 0 Å². The first kappa shape index (κ1) is 50.3. The highest BCUT2D eigenvalue weighted by Gasteiger charge is 2.39. The lowest BCUT2D eigenvalue weighted by Crippen LogP contribution is -2.60. The van der Waals surface area contributed by atoms with E-state index in [4.69, 9.17) is 28.7 Å². The van der Waals surface area contributed by atoms with Crippen LogP contribution in [0.1, 0.15) is 78.2 Å². The third-order valence-electron chi connectivity index (χ3n) is 9.59. The standard InChI is InChI=1S/C39H64N12O9/c1-21(2)16-26(48-36(58)27(17-22(3)4)49-37(59)28(47-33(55)24(40)20-52)18-23-10-6-5-7-11-23)35(57)46-25(12-8-14-45-39(43)44)34(56)50-29(19-31(41)53)38(60)51-15-9-13-30(51)32(42)54/h5-7,10-11,21-22,24-30,52H,8-9,12-20,40H2,1-4H3,(H2,41,53)(H2,42,54)(H,46,57)(H,47,55)(H,48,58)(H,49,59)(H,50,56)(H4,43,44,45)/t24-,25+,26-,27-,28-,29-,30-/m0/s1. The number of benzene rings is 1. The minimum Gasteiger partial charge on any atom is -0.394 e. The average Bonchev–Trinajstić information content (AvgIpc) is 3.67. The first-order valence-corrected chi connectivity index (χ1v) is 20.1. The van der Waals surface area contributed by atoms with Crippen molar-refractivity contribution >= 4 is 53.2 Å². The van der Waals surface area contributed by atoms with Crippen LogP contribution in [-0.4, -0.2) is 125 Å². The first-order valence-electron chi connectivity index (χ1n) is 20.1.